The van der Waals surface area contributed by atoms with Crippen LogP contribution in [0.25, 0.3) is 0 Å². The fourth-order valence-electron chi connectivity index (χ4n) is 2.65. The van der Waals surface area contributed by atoms with Crippen LogP contribution < -0.4 is 5.73 Å². The first-order valence-electron chi connectivity index (χ1n) is 6.50. The number of hydrogen-bond donors (Lipinski definition) is 1. The Bertz CT molecular complexity index is 668. The monoisotopic (exact) mass is 350 g/mol. The molecule has 1 atom stereocenters. The summed E-state index contributed by atoms with van der Waals surface area (Å²) in [4.78, 5) is 16.1. The van der Waals surface area contributed by atoms with Crippen LogP contribution in [0.2, 0.25) is 0 Å². The highest BCUT2D eigenvalue weighted by atomic mass is 79.9. The van der Waals surface area contributed by atoms with Crippen molar-refractivity contribution in [1.82, 2.24) is 4.90 Å². The van der Waals surface area contributed by atoms with Crippen LogP contribution in [0.5, 0.6) is 0 Å². The Morgan fingerprint density at radius 1 is 1.45 bits per heavy atom. The van der Waals surface area contributed by atoms with Gasteiger partial charge in [0.2, 0.25) is 0 Å². The second kappa shape index (κ2) is 5.22. The number of benzene rings is 1. The molecule has 5 heteroatoms. The number of halogens is 1. The Hall–Kier alpha value is -1.33. The molecule has 20 heavy (non-hydrogen) atoms. The van der Waals surface area contributed by atoms with Crippen molar-refractivity contribution in [1.29, 1.82) is 0 Å². The van der Waals surface area contributed by atoms with Gasteiger partial charge in [-0.3, -0.25) is 4.79 Å². The van der Waals surface area contributed by atoms with E-state index in [1.165, 1.54) is 10.4 Å². The van der Waals surface area contributed by atoms with Crippen LogP contribution in [0.4, 0.5) is 5.69 Å². The number of amides is 1. The zero-order valence-electron chi connectivity index (χ0n) is 11.1. The van der Waals surface area contributed by atoms with Gasteiger partial charge < -0.3 is 10.6 Å². The van der Waals surface area contributed by atoms with E-state index in [1.807, 2.05) is 11.0 Å². The van der Waals surface area contributed by atoms with Gasteiger partial charge in [0.15, 0.2) is 0 Å². The predicted octanol–water partition coefficient (Wildman–Crippen LogP) is 3.85. The Morgan fingerprint density at radius 3 is 3.05 bits per heavy atom. The highest BCUT2D eigenvalue weighted by Gasteiger charge is 2.29. The lowest BCUT2D eigenvalue weighted by Crippen LogP contribution is -2.38. The topological polar surface area (TPSA) is 46.3 Å². The lowest BCUT2D eigenvalue weighted by atomic mass is 10.0. The van der Waals surface area contributed by atoms with Crippen molar-refractivity contribution in [3.8, 4) is 0 Å². The summed E-state index contributed by atoms with van der Waals surface area (Å²) in [5, 5.41) is 2.10. The molecule has 3 nitrogen and oxygen atoms in total. The average Bonchev–Trinajstić information content (AvgIpc) is 2.90. The van der Waals surface area contributed by atoms with Crippen LogP contribution in [0.3, 0.4) is 0 Å². The summed E-state index contributed by atoms with van der Waals surface area (Å²) < 4.78 is 0.792. The van der Waals surface area contributed by atoms with E-state index in [0.717, 1.165) is 17.4 Å². The summed E-state index contributed by atoms with van der Waals surface area (Å²) in [5.41, 5.74) is 8.32. The highest BCUT2D eigenvalue weighted by Crippen LogP contribution is 2.34. The molecular formula is C15H15BrN2OS. The molecule has 2 heterocycles. The summed E-state index contributed by atoms with van der Waals surface area (Å²) in [6.07, 6.45) is 0.934. The van der Waals surface area contributed by atoms with Crippen molar-refractivity contribution >= 4 is 38.9 Å². The number of anilines is 1. The summed E-state index contributed by atoms with van der Waals surface area (Å²) in [6.45, 7) is 2.84. The average molecular weight is 351 g/mol. The minimum absolute atomic E-state index is 0.0357. The van der Waals surface area contributed by atoms with Gasteiger partial charge >= 0.3 is 0 Å². The molecule has 0 spiro atoms. The number of hydrogen-bond acceptors (Lipinski definition) is 3. The van der Waals surface area contributed by atoms with E-state index >= 15 is 0 Å². The normalized spacial score (nSPS) is 17.9. The molecule has 1 aromatic heterocycles. The van der Waals surface area contributed by atoms with Crippen LogP contribution in [0, 0.1) is 0 Å². The van der Waals surface area contributed by atoms with Gasteiger partial charge in [0, 0.05) is 21.6 Å². The van der Waals surface area contributed by atoms with Crippen molar-refractivity contribution in [2.75, 3.05) is 12.3 Å². The number of thiophene rings is 1. The zero-order chi connectivity index (χ0) is 14.3. The summed E-state index contributed by atoms with van der Waals surface area (Å²) in [6, 6.07) is 7.59. The van der Waals surface area contributed by atoms with Crippen molar-refractivity contribution in [2.24, 2.45) is 0 Å². The van der Waals surface area contributed by atoms with Crippen LogP contribution in [0.1, 0.15) is 33.8 Å². The molecule has 2 aromatic rings. The molecule has 0 saturated heterocycles. The van der Waals surface area contributed by atoms with E-state index in [9.17, 15) is 4.79 Å². The van der Waals surface area contributed by atoms with E-state index < -0.39 is 0 Å². The quantitative estimate of drug-likeness (QED) is 0.794. The van der Waals surface area contributed by atoms with E-state index in [1.54, 1.807) is 23.5 Å². The first-order valence-corrected chi connectivity index (χ1v) is 8.17. The second-order valence-corrected chi connectivity index (χ2v) is 6.82. The van der Waals surface area contributed by atoms with Crippen LogP contribution in [-0.4, -0.2) is 17.4 Å². The largest absolute Gasteiger partial charge is 0.399 e. The van der Waals surface area contributed by atoms with Crippen LogP contribution >= 0.6 is 27.3 Å². The minimum atomic E-state index is 0.0357. The van der Waals surface area contributed by atoms with Gasteiger partial charge in [-0.1, -0.05) is 0 Å². The lowest BCUT2D eigenvalue weighted by molar-refractivity contribution is 0.0678. The van der Waals surface area contributed by atoms with E-state index in [2.05, 4.69) is 34.3 Å². The maximum atomic E-state index is 12.8. The van der Waals surface area contributed by atoms with Gasteiger partial charge in [-0.25, -0.2) is 0 Å². The minimum Gasteiger partial charge on any atom is -0.399 e. The number of nitrogens with zero attached hydrogens (tertiary/aromatic N) is 1. The van der Waals surface area contributed by atoms with E-state index in [0.29, 0.717) is 11.3 Å². The molecule has 2 N–H and O–H groups in total. The fraction of sp³-hybridized carbons (Fsp3) is 0.267. The molecular weight excluding hydrogens is 336 g/mol. The summed E-state index contributed by atoms with van der Waals surface area (Å²) >= 11 is 5.22. The zero-order valence-corrected chi connectivity index (χ0v) is 13.5. The molecule has 0 bridgehead atoms. The van der Waals surface area contributed by atoms with Gasteiger partial charge in [-0.2, -0.15) is 0 Å². The van der Waals surface area contributed by atoms with Crippen molar-refractivity contribution in [3.63, 3.8) is 0 Å². The van der Waals surface area contributed by atoms with Gasteiger partial charge in [0.1, 0.15) is 0 Å². The molecule has 1 unspecified atom stereocenters. The molecule has 3 rings (SSSR count). The molecule has 1 aliphatic rings. The smallest absolute Gasteiger partial charge is 0.255 e. The third kappa shape index (κ3) is 2.25. The van der Waals surface area contributed by atoms with Gasteiger partial charge in [0.05, 0.1) is 11.6 Å². The standard InChI is InChI=1S/C15H15BrN2OS/c1-9-11-5-7-20-14(11)4-6-18(9)15(19)12-8-10(17)2-3-13(12)16/h2-3,5,7-9H,4,6,17H2,1H3. The summed E-state index contributed by atoms with van der Waals surface area (Å²) in [5.74, 6) is 0.0357. The third-order valence-corrected chi connectivity index (χ3v) is 5.45. The SMILES string of the molecule is CC1c2ccsc2CCN1C(=O)c1cc(N)ccc1Br. The molecule has 0 fully saturated rings. The van der Waals surface area contributed by atoms with Gasteiger partial charge in [0.25, 0.3) is 5.91 Å². The molecule has 0 radical (unpaired) electrons. The molecule has 0 aliphatic carbocycles. The molecule has 0 saturated carbocycles. The van der Waals surface area contributed by atoms with Gasteiger partial charge in [-0.05, 0) is 64.5 Å². The number of rotatable bonds is 1. The Balaban J connectivity index is 1.94. The van der Waals surface area contributed by atoms with E-state index in [-0.39, 0.29) is 11.9 Å². The van der Waals surface area contributed by atoms with Crippen molar-refractivity contribution < 1.29 is 4.79 Å². The summed E-state index contributed by atoms with van der Waals surface area (Å²) in [7, 11) is 0. The first-order chi connectivity index (χ1) is 9.58. The third-order valence-electron chi connectivity index (χ3n) is 3.76. The highest BCUT2D eigenvalue weighted by molar-refractivity contribution is 9.10. The first kappa shape index (κ1) is 13.6. The second-order valence-electron chi connectivity index (χ2n) is 4.96. The number of carbonyl (C=O) groups excluding carboxylic acids is 1. The number of nitrogens with two attached hydrogens (primary N) is 1. The molecule has 1 amide bonds. The van der Waals surface area contributed by atoms with Crippen molar-refractivity contribution in [3.05, 3.63) is 50.1 Å². The Kier molecular flexibility index (Phi) is 3.56. The molecule has 104 valence electrons. The van der Waals surface area contributed by atoms with Crippen molar-refractivity contribution in [2.45, 2.75) is 19.4 Å². The predicted molar refractivity (Wildman–Crippen MR) is 86.0 cm³/mol. The van der Waals surface area contributed by atoms with Crippen LogP contribution in [0.15, 0.2) is 34.1 Å². The number of carbonyl (C=O) groups is 1. The molecule has 1 aromatic carbocycles. The number of nitrogen functional groups attached to an aromatic ring is 1. The fourth-order valence-corrected chi connectivity index (χ4v) is 4.03. The number of fused-ring (bicyclic) bond motifs is 1. The maximum Gasteiger partial charge on any atom is 0.255 e. The Morgan fingerprint density at radius 2 is 2.25 bits per heavy atom. The molecule has 1 aliphatic heterocycles. The Labute approximate surface area is 130 Å². The van der Waals surface area contributed by atoms with E-state index in [4.69, 9.17) is 5.73 Å². The maximum absolute atomic E-state index is 12.8. The lowest BCUT2D eigenvalue weighted by Gasteiger charge is -2.34. The van der Waals surface area contributed by atoms with Gasteiger partial charge in [-0.15, -0.1) is 11.3 Å². The van der Waals surface area contributed by atoms with Crippen LogP contribution in [-0.2, 0) is 6.42 Å².